The summed E-state index contributed by atoms with van der Waals surface area (Å²) < 4.78 is 0. The van der Waals surface area contributed by atoms with Crippen LogP contribution in [0.2, 0.25) is 0 Å². The van der Waals surface area contributed by atoms with Gasteiger partial charge in [0.1, 0.15) is 0 Å². The molecule has 8 rings (SSSR count). The number of hydrogen-bond acceptors (Lipinski definition) is 1. The summed E-state index contributed by atoms with van der Waals surface area (Å²) in [5, 5.41) is 5.19. The van der Waals surface area contributed by atoms with E-state index in [9.17, 15) is 0 Å². The van der Waals surface area contributed by atoms with Gasteiger partial charge in [-0.2, -0.15) is 0 Å². The van der Waals surface area contributed by atoms with Gasteiger partial charge in [-0.1, -0.05) is 98.8 Å². The van der Waals surface area contributed by atoms with Crippen LogP contribution in [0.15, 0.2) is 121 Å². The van der Waals surface area contributed by atoms with Crippen molar-refractivity contribution in [2.75, 3.05) is 4.90 Å². The van der Waals surface area contributed by atoms with E-state index in [0.717, 1.165) is 11.4 Å². The van der Waals surface area contributed by atoms with Crippen molar-refractivity contribution in [2.45, 2.75) is 19.3 Å². The van der Waals surface area contributed by atoms with Crippen LogP contribution in [0.5, 0.6) is 0 Å². The van der Waals surface area contributed by atoms with Gasteiger partial charge in [-0.25, -0.2) is 0 Å². The molecule has 0 amide bonds. The van der Waals surface area contributed by atoms with Gasteiger partial charge in [-0.3, -0.25) is 0 Å². The predicted octanol–water partition coefficient (Wildman–Crippen LogP) is 10.4. The first-order chi connectivity index (χ1) is 19.1. The summed E-state index contributed by atoms with van der Waals surface area (Å²) in [7, 11) is 0. The molecule has 6 aromatic carbocycles. The lowest BCUT2D eigenvalue weighted by Crippen LogP contribution is -2.18. The van der Waals surface area contributed by atoms with E-state index in [1.165, 1.54) is 60.6 Å². The lowest BCUT2D eigenvalue weighted by Gasteiger charge is -2.30. The lowest BCUT2D eigenvalue weighted by molar-refractivity contribution is 0.660. The van der Waals surface area contributed by atoms with Gasteiger partial charge < -0.3 is 4.90 Å². The quantitative estimate of drug-likeness (QED) is 0.219. The summed E-state index contributed by atoms with van der Waals surface area (Å²) >= 11 is 0. The number of fused-ring (bicyclic) bond motifs is 10. The summed E-state index contributed by atoms with van der Waals surface area (Å²) in [6.07, 6.45) is 4.35. The largest absolute Gasteiger partial charge is 0.310 e. The summed E-state index contributed by atoms with van der Waals surface area (Å²) in [5.41, 5.74) is 14.9. The molecular weight excluding hydrogens is 470 g/mol. The van der Waals surface area contributed by atoms with Gasteiger partial charge in [0.05, 0.1) is 5.69 Å². The van der Waals surface area contributed by atoms with Crippen molar-refractivity contribution in [3.8, 4) is 11.1 Å². The molecule has 184 valence electrons. The second kappa shape index (κ2) is 8.08. The molecule has 0 aliphatic heterocycles. The fraction of sp³-hybridized carbons (Fsp3) is 0.0789. The highest BCUT2D eigenvalue weighted by atomic mass is 15.1. The molecule has 0 unspecified atom stereocenters. The van der Waals surface area contributed by atoms with E-state index >= 15 is 0 Å². The molecule has 0 spiro atoms. The van der Waals surface area contributed by atoms with Crippen LogP contribution in [0, 0.1) is 0 Å². The van der Waals surface area contributed by atoms with Crippen molar-refractivity contribution in [3.63, 3.8) is 0 Å². The molecule has 0 saturated heterocycles. The second-order valence-electron chi connectivity index (χ2n) is 11.1. The second-order valence-corrected chi connectivity index (χ2v) is 11.1. The third-order valence-electron chi connectivity index (χ3n) is 8.59. The summed E-state index contributed by atoms with van der Waals surface area (Å²) in [6.45, 7) is 4.79. The fourth-order valence-electron chi connectivity index (χ4n) is 6.93. The zero-order valence-electron chi connectivity index (χ0n) is 22.1. The summed E-state index contributed by atoms with van der Waals surface area (Å²) in [6, 6.07) is 41.8. The third-order valence-corrected chi connectivity index (χ3v) is 8.59. The van der Waals surface area contributed by atoms with Gasteiger partial charge in [-0.15, -0.1) is 5.73 Å². The van der Waals surface area contributed by atoms with Gasteiger partial charge in [0.2, 0.25) is 0 Å². The van der Waals surface area contributed by atoms with Crippen molar-refractivity contribution in [1.29, 1.82) is 0 Å². The van der Waals surface area contributed by atoms with Crippen LogP contribution in [0.3, 0.4) is 0 Å². The number of hydrogen-bond donors (Lipinski definition) is 0. The van der Waals surface area contributed by atoms with Gasteiger partial charge >= 0.3 is 0 Å². The van der Waals surface area contributed by atoms with Crippen molar-refractivity contribution < 1.29 is 0 Å². The molecule has 0 fully saturated rings. The van der Waals surface area contributed by atoms with Gasteiger partial charge in [0.25, 0.3) is 0 Å². The third kappa shape index (κ3) is 3.03. The van der Waals surface area contributed by atoms with Crippen LogP contribution in [-0.2, 0) is 5.41 Å². The molecule has 0 saturated carbocycles. The van der Waals surface area contributed by atoms with Gasteiger partial charge in [0.15, 0.2) is 0 Å². The van der Waals surface area contributed by atoms with E-state index in [0.29, 0.717) is 0 Å². The molecule has 0 heterocycles. The molecule has 2 aliphatic carbocycles. The number of nitrogens with zero attached hydrogens (tertiary/aromatic N) is 1. The van der Waals surface area contributed by atoms with Crippen LogP contribution in [-0.4, -0.2) is 0 Å². The fourth-order valence-corrected chi connectivity index (χ4v) is 6.93. The first-order valence-corrected chi connectivity index (χ1v) is 13.6. The topological polar surface area (TPSA) is 3.24 Å². The Kier molecular flexibility index (Phi) is 4.59. The van der Waals surface area contributed by atoms with Crippen LogP contribution >= 0.6 is 0 Å². The predicted molar refractivity (Wildman–Crippen MR) is 166 cm³/mol. The molecule has 0 N–H and O–H groups in total. The number of para-hydroxylation sites is 2. The van der Waals surface area contributed by atoms with Crippen LogP contribution < -0.4 is 4.90 Å². The summed E-state index contributed by atoms with van der Waals surface area (Å²) in [5.74, 6) is 0. The van der Waals surface area contributed by atoms with E-state index in [2.05, 4.69) is 152 Å². The molecule has 2 aliphatic rings. The highest BCUT2D eigenvalue weighted by Gasteiger charge is 2.41. The highest BCUT2D eigenvalue weighted by Crippen LogP contribution is 2.58. The molecule has 6 aromatic rings. The SMILES string of the molecule is CC1(C)c2cc(N(c3ccccc3)c3ccccc3)c3ccccc3c2-c2c1c1c(c3ccccc23)C=C=C1. The molecule has 0 radical (unpaired) electrons. The smallest absolute Gasteiger partial charge is 0.0543 e. The van der Waals surface area contributed by atoms with Crippen LogP contribution in [0.25, 0.3) is 44.8 Å². The average molecular weight is 498 g/mol. The zero-order valence-corrected chi connectivity index (χ0v) is 22.1. The Labute approximate surface area is 229 Å². The normalized spacial score (nSPS) is 14.0. The minimum atomic E-state index is -0.174. The van der Waals surface area contributed by atoms with Crippen molar-refractivity contribution in [1.82, 2.24) is 0 Å². The van der Waals surface area contributed by atoms with E-state index in [1.807, 2.05) is 0 Å². The molecule has 0 bridgehead atoms. The van der Waals surface area contributed by atoms with Gasteiger partial charge in [0, 0.05) is 22.2 Å². The first kappa shape index (κ1) is 22.2. The van der Waals surface area contributed by atoms with E-state index in [-0.39, 0.29) is 5.41 Å². The summed E-state index contributed by atoms with van der Waals surface area (Å²) in [4.78, 5) is 2.41. The zero-order chi connectivity index (χ0) is 26.1. The van der Waals surface area contributed by atoms with Crippen molar-refractivity contribution in [2.24, 2.45) is 0 Å². The van der Waals surface area contributed by atoms with E-state index < -0.39 is 0 Å². The van der Waals surface area contributed by atoms with Crippen LogP contribution in [0.4, 0.5) is 17.1 Å². The number of benzene rings is 6. The Morgan fingerprint density at radius 3 is 1.69 bits per heavy atom. The average Bonchev–Trinajstić information content (AvgIpc) is 3.56. The van der Waals surface area contributed by atoms with E-state index in [4.69, 9.17) is 0 Å². The van der Waals surface area contributed by atoms with Crippen molar-refractivity contribution in [3.05, 3.63) is 143 Å². The Morgan fingerprint density at radius 1 is 0.538 bits per heavy atom. The Balaban J connectivity index is 1.52. The Hall–Kier alpha value is -4.84. The molecule has 1 heteroatoms. The monoisotopic (exact) mass is 497 g/mol. The van der Waals surface area contributed by atoms with E-state index in [1.54, 1.807) is 0 Å². The molecule has 0 aromatic heterocycles. The molecular formula is C38H27N. The maximum absolute atomic E-state index is 3.43. The number of rotatable bonds is 3. The first-order valence-electron chi connectivity index (χ1n) is 13.6. The Bertz CT molecular complexity index is 1970. The molecule has 0 atom stereocenters. The molecule has 39 heavy (non-hydrogen) atoms. The lowest BCUT2D eigenvalue weighted by atomic mass is 9.78. The standard InChI is InChI=1S/C38H27N/c1-38(2)33-24-34(39(25-14-5-3-6-15-25)26-16-7-4-8-17-26)29-19-10-12-21-31(29)35(33)36-30-20-11-9-18-27(30)28-22-13-23-32(28)37(36)38/h3-12,14-24H,1-2H3. The number of anilines is 3. The minimum Gasteiger partial charge on any atom is -0.310 e. The van der Waals surface area contributed by atoms with Crippen molar-refractivity contribution >= 4 is 50.8 Å². The minimum absolute atomic E-state index is 0.174. The van der Waals surface area contributed by atoms with Gasteiger partial charge in [-0.05, 0) is 92.0 Å². The van der Waals surface area contributed by atoms with Crippen LogP contribution in [0.1, 0.15) is 36.1 Å². The molecule has 1 nitrogen and oxygen atoms in total. The maximum Gasteiger partial charge on any atom is 0.0543 e. The maximum atomic E-state index is 3.43. The Morgan fingerprint density at radius 2 is 1.05 bits per heavy atom. The highest BCUT2D eigenvalue weighted by molar-refractivity contribution is 6.17.